The van der Waals surface area contributed by atoms with Gasteiger partial charge in [-0.15, -0.1) is 0 Å². The largest absolute Gasteiger partial charge is 0.461 e. The highest BCUT2D eigenvalue weighted by molar-refractivity contribution is 5.70. The molecule has 0 amide bonds. The Hall–Kier alpha value is -0.570. The van der Waals surface area contributed by atoms with Crippen LogP contribution in [0.1, 0.15) is 33.1 Å². The van der Waals surface area contributed by atoms with Crippen molar-refractivity contribution < 1.29 is 14.3 Å². The Kier molecular flexibility index (Phi) is 6.76. The van der Waals surface area contributed by atoms with E-state index in [9.17, 15) is 4.79 Å². The summed E-state index contributed by atoms with van der Waals surface area (Å²) >= 11 is 0. The zero-order valence-corrected chi connectivity index (χ0v) is 8.13. The summed E-state index contributed by atoms with van der Waals surface area (Å²) in [5.41, 5.74) is 0. The summed E-state index contributed by atoms with van der Waals surface area (Å²) in [5, 5.41) is 0. The van der Waals surface area contributed by atoms with E-state index in [1.807, 2.05) is 6.92 Å². The molecule has 0 heterocycles. The van der Waals surface area contributed by atoms with E-state index in [2.05, 4.69) is 11.7 Å². The van der Waals surface area contributed by atoms with Crippen molar-refractivity contribution in [1.29, 1.82) is 0 Å². The maximum atomic E-state index is 10.9. The Bertz CT molecular complexity index is 123. The molecule has 0 bridgehead atoms. The normalized spacial score (nSPS) is 12.6. The maximum absolute atomic E-state index is 10.9. The van der Waals surface area contributed by atoms with Crippen LogP contribution in [-0.4, -0.2) is 25.8 Å². The number of esters is 1. The van der Waals surface area contributed by atoms with E-state index in [0.29, 0.717) is 0 Å². The smallest absolute Gasteiger partial charge is 0.332 e. The zero-order chi connectivity index (χ0) is 9.40. The van der Waals surface area contributed by atoms with Crippen molar-refractivity contribution in [2.24, 2.45) is 0 Å². The second-order valence-corrected chi connectivity index (χ2v) is 2.88. The van der Waals surface area contributed by atoms with Gasteiger partial charge in [-0.1, -0.05) is 19.8 Å². The van der Waals surface area contributed by atoms with Crippen LogP contribution >= 0.6 is 0 Å². The molecule has 0 fully saturated rings. The minimum absolute atomic E-state index is 0.0209. The molecule has 0 aliphatic rings. The number of rotatable bonds is 6. The molecule has 0 aliphatic carbocycles. The van der Waals surface area contributed by atoms with E-state index >= 15 is 0 Å². The summed E-state index contributed by atoms with van der Waals surface area (Å²) in [6.45, 7) is 4.07. The fraction of sp³-hybridized carbons (Fsp3) is 0.889. The second kappa shape index (κ2) is 7.10. The molecule has 0 saturated carbocycles. The van der Waals surface area contributed by atoms with Crippen LogP contribution in [0, 0.1) is 0 Å². The molecule has 0 aromatic carbocycles. The second-order valence-electron chi connectivity index (χ2n) is 2.88. The van der Waals surface area contributed by atoms with Crippen LogP contribution in [0.4, 0.5) is 0 Å². The predicted octanol–water partition coefficient (Wildman–Crippen LogP) is 1.75. The number of ether oxygens (including phenoxy) is 2. The lowest BCUT2D eigenvalue weighted by atomic mass is 10.2. The van der Waals surface area contributed by atoms with Crippen LogP contribution in [0.2, 0.25) is 0 Å². The minimum atomic E-state index is -0.277. The average Bonchev–Trinajstić information content (AvgIpc) is 2.01. The molecule has 1 atom stereocenters. The molecule has 0 aromatic rings. The monoisotopic (exact) mass is 174 g/mol. The van der Waals surface area contributed by atoms with Crippen LogP contribution in [0.5, 0.6) is 0 Å². The summed E-state index contributed by atoms with van der Waals surface area (Å²) in [6, 6.07) is 0. The van der Waals surface area contributed by atoms with Crippen molar-refractivity contribution in [1.82, 2.24) is 0 Å². The van der Waals surface area contributed by atoms with E-state index in [0.717, 1.165) is 19.3 Å². The average molecular weight is 174 g/mol. The molecular formula is C9H18O3. The van der Waals surface area contributed by atoms with Gasteiger partial charge < -0.3 is 9.47 Å². The van der Waals surface area contributed by atoms with E-state index < -0.39 is 0 Å². The van der Waals surface area contributed by atoms with Crippen molar-refractivity contribution in [3.05, 3.63) is 0 Å². The molecule has 0 spiro atoms. The standard InChI is InChI=1S/C9H18O3/c1-4-5-6-8(2)12-9(10)7-11-3/h8H,4-7H2,1-3H3. The summed E-state index contributed by atoms with van der Waals surface area (Å²) < 4.78 is 9.66. The number of hydrogen-bond acceptors (Lipinski definition) is 3. The highest BCUT2D eigenvalue weighted by Gasteiger charge is 2.07. The highest BCUT2D eigenvalue weighted by atomic mass is 16.6. The van der Waals surface area contributed by atoms with E-state index in [1.54, 1.807) is 0 Å². The first-order valence-electron chi connectivity index (χ1n) is 4.39. The Labute approximate surface area is 74.0 Å². The van der Waals surface area contributed by atoms with Crippen molar-refractivity contribution in [3.63, 3.8) is 0 Å². The molecule has 0 aliphatic heterocycles. The van der Waals surface area contributed by atoms with Gasteiger partial charge in [0.25, 0.3) is 0 Å². The zero-order valence-electron chi connectivity index (χ0n) is 8.13. The third kappa shape index (κ3) is 6.16. The van der Waals surface area contributed by atoms with Gasteiger partial charge in [-0.3, -0.25) is 0 Å². The fourth-order valence-electron chi connectivity index (χ4n) is 0.927. The first-order valence-corrected chi connectivity index (χ1v) is 4.39. The molecule has 0 radical (unpaired) electrons. The van der Waals surface area contributed by atoms with Crippen LogP contribution in [-0.2, 0) is 14.3 Å². The molecule has 3 nitrogen and oxygen atoms in total. The summed E-state index contributed by atoms with van der Waals surface area (Å²) in [6.07, 6.45) is 3.19. The van der Waals surface area contributed by atoms with Gasteiger partial charge in [-0.25, -0.2) is 4.79 Å². The summed E-state index contributed by atoms with van der Waals surface area (Å²) in [4.78, 5) is 10.9. The maximum Gasteiger partial charge on any atom is 0.332 e. The lowest BCUT2D eigenvalue weighted by molar-refractivity contribution is -0.152. The van der Waals surface area contributed by atoms with Gasteiger partial charge in [0, 0.05) is 7.11 Å². The number of carbonyl (C=O) groups excluding carboxylic acids is 1. The third-order valence-corrected chi connectivity index (χ3v) is 1.56. The van der Waals surface area contributed by atoms with Gasteiger partial charge >= 0.3 is 5.97 Å². The summed E-state index contributed by atoms with van der Waals surface area (Å²) in [5.74, 6) is -0.277. The lowest BCUT2D eigenvalue weighted by Gasteiger charge is -2.11. The predicted molar refractivity (Wildman–Crippen MR) is 47.0 cm³/mol. The van der Waals surface area contributed by atoms with Gasteiger partial charge in [-0.2, -0.15) is 0 Å². The van der Waals surface area contributed by atoms with Crippen LogP contribution in [0.15, 0.2) is 0 Å². The van der Waals surface area contributed by atoms with Crippen molar-refractivity contribution in [2.45, 2.75) is 39.2 Å². The summed E-state index contributed by atoms with van der Waals surface area (Å²) in [7, 11) is 1.48. The SMILES string of the molecule is CCCCC(C)OC(=O)COC. The van der Waals surface area contributed by atoms with Crippen molar-refractivity contribution >= 4 is 5.97 Å². The Morgan fingerprint density at radius 1 is 1.50 bits per heavy atom. The molecule has 3 heteroatoms. The molecular weight excluding hydrogens is 156 g/mol. The lowest BCUT2D eigenvalue weighted by Crippen LogP contribution is -2.18. The van der Waals surface area contributed by atoms with Crippen molar-refractivity contribution in [3.8, 4) is 0 Å². The minimum Gasteiger partial charge on any atom is -0.461 e. The van der Waals surface area contributed by atoms with Gasteiger partial charge in [0.2, 0.25) is 0 Å². The van der Waals surface area contributed by atoms with Crippen molar-refractivity contribution in [2.75, 3.05) is 13.7 Å². The van der Waals surface area contributed by atoms with Gasteiger partial charge in [0.05, 0.1) is 6.10 Å². The Morgan fingerprint density at radius 2 is 2.17 bits per heavy atom. The Balaban J connectivity index is 3.40. The van der Waals surface area contributed by atoms with Crippen LogP contribution in [0.3, 0.4) is 0 Å². The number of unbranched alkanes of at least 4 members (excludes halogenated alkanes) is 1. The van der Waals surface area contributed by atoms with Crippen LogP contribution in [0.25, 0.3) is 0 Å². The van der Waals surface area contributed by atoms with Gasteiger partial charge in [0.1, 0.15) is 6.61 Å². The number of hydrogen-bond donors (Lipinski definition) is 0. The molecule has 72 valence electrons. The topological polar surface area (TPSA) is 35.5 Å². The first-order chi connectivity index (χ1) is 5.70. The first kappa shape index (κ1) is 11.4. The van der Waals surface area contributed by atoms with Gasteiger partial charge in [0.15, 0.2) is 0 Å². The Morgan fingerprint density at radius 3 is 2.67 bits per heavy atom. The van der Waals surface area contributed by atoms with E-state index in [-0.39, 0.29) is 18.7 Å². The molecule has 12 heavy (non-hydrogen) atoms. The number of methoxy groups -OCH3 is 1. The highest BCUT2D eigenvalue weighted by Crippen LogP contribution is 2.03. The van der Waals surface area contributed by atoms with E-state index in [1.165, 1.54) is 7.11 Å². The third-order valence-electron chi connectivity index (χ3n) is 1.56. The molecule has 0 saturated heterocycles. The fourth-order valence-corrected chi connectivity index (χ4v) is 0.927. The molecule has 1 unspecified atom stereocenters. The van der Waals surface area contributed by atoms with Crippen LogP contribution < -0.4 is 0 Å². The number of carbonyl (C=O) groups is 1. The molecule has 0 rings (SSSR count). The quantitative estimate of drug-likeness (QED) is 0.575. The van der Waals surface area contributed by atoms with E-state index in [4.69, 9.17) is 4.74 Å². The molecule has 0 N–H and O–H groups in total. The molecule has 0 aromatic heterocycles. The van der Waals surface area contributed by atoms with Gasteiger partial charge in [-0.05, 0) is 13.3 Å².